The Balaban J connectivity index is 1.45. The van der Waals surface area contributed by atoms with E-state index in [2.05, 4.69) is 28.2 Å². The molecule has 1 unspecified atom stereocenters. The summed E-state index contributed by atoms with van der Waals surface area (Å²) in [6, 6.07) is -1.19. The van der Waals surface area contributed by atoms with Crippen molar-refractivity contribution in [2.45, 2.75) is 204 Å². The van der Waals surface area contributed by atoms with Gasteiger partial charge >= 0.3 is 5.97 Å². The molecule has 0 aromatic carbocycles. The van der Waals surface area contributed by atoms with E-state index < -0.39 is 123 Å². The van der Waals surface area contributed by atoms with Crippen LogP contribution in [-0.4, -0.2) is 202 Å². The first-order valence-electron chi connectivity index (χ1n) is 26.0. The number of rotatable bonds is 37. The van der Waals surface area contributed by atoms with Crippen LogP contribution in [0.5, 0.6) is 0 Å². The van der Waals surface area contributed by atoms with E-state index in [9.17, 15) is 64.2 Å². The third kappa shape index (κ3) is 23.5. The van der Waals surface area contributed by atoms with Crippen LogP contribution in [0.15, 0.2) is 0 Å². The molecule has 24 heteroatoms. The Morgan fingerprint density at radius 1 is 0.583 bits per heavy atom. The number of aliphatic hydroxyl groups excluding tert-OH is 6. The highest BCUT2D eigenvalue weighted by Crippen LogP contribution is 2.24. The molecule has 72 heavy (non-hydrogen) atoms. The molecule has 0 saturated carbocycles. The van der Waals surface area contributed by atoms with Gasteiger partial charge in [0, 0.05) is 45.3 Å². The summed E-state index contributed by atoms with van der Waals surface area (Å²) in [5, 5.41) is 72.5. The fraction of sp³-hybridized carbons (Fsp3) is 0.854. The van der Waals surface area contributed by atoms with E-state index in [0.29, 0.717) is 30.7 Å². The molecule has 3 rings (SSSR count). The molecular formula is C48H84N6O18. The van der Waals surface area contributed by atoms with Crippen LogP contribution in [0.25, 0.3) is 0 Å². The quantitative estimate of drug-likeness (QED) is 0.0265. The minimum atomic E-state index is -1.54. The van der Waals surface area contributed by atoms with Crippen molar-refractivity contribution in [3.05, 3.63) is 0 Å². The third-order valence-corrected chi connectivity index (χ3v) is 12.6. The van der Waals surface area contributed by atoms with E-state index >= 15 is 0 Å². The number of imide groups is 1. The highest BCUT2D eigenvalue weighted by molar-refractivity contribution is 6.01. The molecule has 24 nitrogen and oxygen atoms in total. The molecule has 0 radical (unpaired) electrons. The van der Waals surface area contributed by atoms with Gasteiger partial charge in [0.25, 0.3) is 11.8 Å². The summed E-state index contributed by atoms with van der Waals surface area (Å²) in [5.41, 5.74) is 0. The number of carbonyl (C=O) groups is 7. The van der Waals surface area contributed by atoms with Gasteiger partial charge in [-0.1, -0.05) is 90.4 Å². The fourth-order valence-electron chi connectivity index (χ4n) is 8.37. The topological polar surface area (TPSA) is 342 Å². The second-order valence-corrected chi connectivity index (χ2v) is 18.8. The molecule has 3 fully saturated rings. The monoisotopic (exact) mass is 1030 g/mol. The zero-order chi connectivity index (χ0) is 52.8. The van der Waals surface area contributed by atoms with Gasteiger partial charge in [-0.15, -0.1) is 5.06 Å². The number of aliphatic hydroxyl groups is 6. The van der Waals surface area contributed by atoms with Crippen LogP contribution in [0.1, 0.15) is 142 Å². The number of unbranched alkanes of at least 4 members (excludes halogenated alkanes) is 14. The van der Waals surface area contributed by atoms with Gasteiger partial charge in [-0.2, -0.15) is 0 Å². The molecule has 3 aliphatic heterocycles. The SMILES string of the molecule is CCCCCCCCCCCCCCCC(=O)N[C@H]1C(OCCNC(=O)CN(CC(=O)NCCCCCC(=O)ON2C(=O)CCC2=O)CC(=O)NCCO[C@@H]2O[C@@H](C)[C@@H](O)[C@@H](O)[C@@H]2O)O[C@H](CO)[C@@H](O)[C@@H]1O. The lowest BCUT2D eigenvalue weighted by molar-refractivity contribution is -0.292. The van der Waals surface area contributed by atoms with Gasteiger partial charge in [-0.05, 0) is 26.2 Å². The minimum Gasteiger partial charge on any atom is -0.394 e. The maximum absolute atomic E-state index is 13.2. The first kappa shape index (κ1) is 62.3. The predicted octanol–water partition coefficient (Wildman–Crippen LogP) is -0.930. The van der Waals surface area contributed by atoms with Gasteiger partial charge < -0.3 is 75.7 Å². The molecule has 414 valence electrons. The normalized spacial score (nSPS) is 25.4. The number of carbonyl (C=O) groups excluding carboxylic acids is 7. The number of nitrogens with one attached hydrogen (secondary N) is 4. The zero-order valence-corrected chi connectivity index (χ0v) is 42.3. The Kier molecular flexibility index (Phi) is 30.6. The lowest BCUT2D eigenvalue weighted by Gasteiger charge is -2.42. The van der Waals surface area contributed by atoms with Crippen LogP contribution in [-0.2, 0) is 57.3 Å². The maximum atomic E-state index is 13.2. The van der Waals surface area contributed by atoms with E-state index in [1.807, 2.05) is 0 Å². The molecule has 10 N–H and O–H groups in total. The number of hydrogen-bond donors (Lipinski definition) is 10. The lowest BCUT2D eigenvalue weighted by Crippen LogP contribution is -2.64. The summed E-state index contributed by atoms with van der Waals surface area (Å²) in [6.45, 7) is 1.41. The van der Waals surface area contributed by atoms with E-state index in [0.717, 1.165) is 25.7 Å². The first-order chi connectivity index (χ1) is 34.6. The second kappa shape index (κ2) is 35.3. The van der Waals surface area contributed by atoms with E-state index in [1.54, 1.807) is 0 Å². The largest absolute Gasteiger partial charge is 0.394 e. The summed E-state index contributed by atoms with van der Waals surface area (Å²) in [6.07, 6.45) is 4.29. The Bertz CT molecular complexity index is 1630. The number of amides is 6. The summed E-state index contributed by atoms with van der Waals surface area (Å²) in [7, 11) is 0. The van der Waals surface area contributed by atoms with Gasteiger partial charge in [0.05, 0.1) is 45.6 Å². The third-order valence-electron chi connectivity index (χ3n) is 12.6. The summed E-state index contributed by atoms with van der Waals surface area (Å²) in [5.74, 6) is -4.00. The van der Waals surface area contributed by atoms with Crippen LogP contribution < -0.4 is 21.3 Å². The average Bonchev–Trinajstić information content (AvgIpc) is 3.66. The highest BCUT2D eigenvalue weighted by atomic mass is 16.7. The van der Waals surface area contributed by atoms with Crippen molar-refractivity contribution in [1.82, 2.24) is 31.2 Å². The molecule has 0 spiro atoms. The zero-order valence-electron chi connectivity index (χ0n) is 42.3. The Morgan fingerprint density at radius 3 is 1.61 bits per heavy atom. The molecule has 0 aromatic heterocycles. The van der Waals surface area contributed by atoms with Gasteiger partial charge in [0.1, 0.15) is 42.7 Å². The van der Waals surface area contributed by atoms with E-state index in [4.69, 9.17) is 23.8 Å². The van der Waals surface area contributed by atoms with Crippen molar-refractivity contribution in [1.29, 1.82) is 0 Å². The van der Waals surface area contributed by atoms with Crippen molar-refractivity contribution in [3.63, 3.8) is 0 Å². The minimum absolute atomic E-state index is 0.0187. The molecule has 3 aliphatic rings. The molecule has 3 saturated heterocycles. The molecule has 0 bridgehead atoms. The van der Waals surface area contributed by atoms with Crippen molar-refractivity contribution >= 4 is 41.4 Å². The lowest BCUT2D eigenvalue weighted by atomic mass is 9.96. The van der Waals surface area contributed by atoms with Gasteiger partial charge in [0.2, 0.25) is 23.6 Å². The Hall–Kier alpha value is -3.95. The predicted molar refractivity (Wildman–Crippen MR) is 255 cm³/mol. The summed E-state index contributed by atoms with van der Waals surface area (Å²) < 4.78 is 22.4. The second-order valence-electron chi connectivity index (χ2n) is 18.8. The smallest absolute Gasteiger partial charge is 0.333 e. The Labute approximate surface area is 422 Å². The standard InChI is InChI=1S/C48H84N6O18/c1-3-4-5-6-7-8-9-10-11-12-13-14-16-19-34(56)52-41-44(65)43(64)33(31-55)71-47(41)68-26-24-50-36(58)29-53(30-37(59)51-25-27-69-48-46(67)45(66)42(63)32(2)70-48)28-35(57)49-23-18-15-17-20-40(62)72-54-38(60)21-22-39(54)61/h32-33,41-48,55,63-67H,3-31H2,1-2H3,(H,49,57)(H,50,58)(H,51,59)(H,52,56)/t32-,33+,41+,42+,43+,44+,45+,46-,47?,48+/m0/s1. The van der Waals surface area contributed by atoms with Crippen LogP contribution in [0.2, 0.25) is 0 Å². The molecule has 3 heterocycles. The highest BCUT2D eigenvalue weighted by Gasteiger charge is 2.46. The van der Waals surface area contributed by atoms with Crippen LogP contribution in [0.4, 0.5) is 0 Å². The summed E-state index contributed by atoms with van der Waals surface area (Å²) >= 11 is 0. The molecule has 10 atom stereocenters. The van der Waals surface area contributed by atoms with Crippen molar-refractivity contribution < 1.29 is 88.0 Å². The van der Waals surface area contributed by atoms with Crippen LogP contribution in [0, 0.1) is 0 Å². The number of ether oxygens (including phenoxy) is 4. The first-order valence-corrected chi connectivity index (χ1v) is 26.0. The van der Waals surface area contributed by atoms with Gasteiger partial charge in [-0.25, -0.2) is 4.79 Å². The number of hydrogen-bond acceptors (Lipinski definition) is 19. The molecule has 6 amide bonds. The maximum Gasteiger partial charge on any atom is 0.333 e. The fourth-order valence-corrected chi connectivity index (χ4v) is 8.37. The Morgan fingerprint density at radius 2 is 1.07 bits per heavy atom. The van der Waals surface area contributed by atoms with Gasteiger partial charge in [-0.3, -0.25) is 33.7 Å². The van der Waals surface area contributed by atoms with Gasteiger partial charge in [0.15, 0.2) is 12.6 Å². The molecule has 0 aliphatic carbocycles. The van der Waals surface area contributed by atoms with Crippen LogP contribution >= 0.6 is 0 Å². The summed E-state index contributed by atoms with van der Waals surface area (Å²) in [4.78, 5) is 93.7. The number of nitrogens with zero attached hydrogens (tertiary/aromatic N) is 2. The van der Waals surface area contributed by atoms with Crippen molar-refractivity contribution in [3.8, 4) is 0 Å². The molecule has 0 aromatic rings. The number of hydroxylamine groups is 2. The van der Waals surface area contributed by atoms with Crippen LogP contribution in [0.3, 0.4) is 0 Å². The van der Waals surface area contributed by atoms with Crippen molar-refractivity contribution in [2.75, 3.05) is 59.1 Å². The van der Waals surface area contributed by atoms with E-state index in [1.165, 1.54) is 63.2 Å². The average molecular weight is 1030 g/mol. The molecular weight excluding hydrogens is 949 g/mol. The van der Waals surface area contributed by atoms with E-state index in [-0.39, 0.29) is 64.4 Å². The van der Waals surface area contributed by atoms with Crippen molar-refractivity contribution in [2.24, 2.45) is 0 Å².